The van der Waals surface area contributed by atoms with Crippen molar-refractivity contribution >= 4 is 34.8 Å². The van der Waals surface area contributed by atoms with Crippen LogP contribution < -0.4 is 4.74 Å². The molecule has 0 saturated carbocycles. The van der Waals surface area contributed by atoms with E-state index in [1.54, 1.807) is 12.1 Å². The summed E-state index contributed by atoms with van der Waals surface area (Å²) in [5.41, 5.74) is 0.822. The number of ether oxygens (including phenoxy) is 2. The van der Waals surface area contributed by atoms with Gasteiger partial charge in [-0.25, -0.2) is 0 Å². The molecule has 1 aromatic carbocycles. The van der Waals surface area contributed by atoms with E-state index in [9.17, 15) is 0 Å². The van der Waals surface area contributed by atoms with Gasteiger partial charge in [-0.05, 0) is 18.6 Å². The summed E-state index contributed by atoms with van der Waals surface area (Å²) in [5.74, 6) is 1.40. The highest BCUT2D eigenvalue weighted by Crippen LogP contribution is 2.34. The van der Waals surface area contributed by atoms with E-state index in [1.165, 1.54) is 0 Å². The highest BCUT2D eigenvalue weighted by Gasteiger charge is 2.18. The molecule has 0 N–H and O–H groups in total. The molecule has 1 heterocycles. The minimum atomic E-state index is 0.330. The topological polar surface area (TPSA) is 18.5 Å². The zero-order valence-corrected chi connectivity index (χ0v) is 11.5. The third-order valence-corrected chi connectivity index (χ3v) is 3.50. The second kappa shape index (κ2) is 6.14. The van der Waals surface area contributed by atoms with Crippen LogP contribution in [0.3, 0.4) is 0 Å². The molecule has 1 saturated heterocycles. The summed E-state index contributed by atoms with van der Waals surface area (Å²) in [6.45, 7) is 2.16. The summed E-state index contributed by atoms with van der Waals surface area (Å²) in [7, 11) is 0. The molecule has 2 nitrogen and oxygen atoms in total. The molecule has 1 atom stereocenters. The molecule has 17 heavy (non-hydrogen) atoms. The van der Waals surface area contributed by atoms with Gasteiger partial charge in [0.1, 0.15) is 5.75 Å². The van der Waals surface area contributed by atoms with Crippen LogP contribution in [0.5, 0.6) is 5.75 Å². The lowest BCUT2D eigenvalue weighted by molar-refractivity contribution is 0.167. The van der Waals surface area contributed by atoms with Gasteiger partial charge in [0.05, 0.1) is 24.1 Å². The van der Waals surface area contributed by atoms with Crippen LogP contribution in [0.2, 0.25) is 10.0 Å². The quantitative estimate of drug-likeness (QED) is 0.777. The fourth-order valence-electron chi connectivity index (χ4n) is 1.79. The van der Waals surface area contributed by atoms with Crippen molar-refractivity contribution in [1.82, 2.24) is 0 Å². The maximum Gasteiger partial charge on any atom is 0.142 e. The van der Waals surface area contributed by atoms with Crippen LogP contribution in [0.25, 0.3) is 0 Å². The maximum absolute atomic E-state index is 6.10. The second-order valence-corrected chi connectivity index (χ2v) is 5.16. The van der Waals surface area contributed by atoms with E-state index in [-0.39, 0.29) is 0 Å². The first-order valence-electron chi connectivity index (χ1n) is 5.45. The average Bonchev–Trinajstić information content (AvgIpc) is 2.79. The van der Waals surface area contributed by atoms with Gasteiger partial charge in [-0.2, -0.15) is 0 Å². The Bertz CT molecular complexity index is 390. The smallest absolute Gasteiger partial charge is 0.142 e. The van der Waals surface area contributed by atoms with Crippen molar-refractivity contribution in [3.63, 3.8) is 0 Å². The Kier molecular flexibility index (Phi) is 4.80. The fourth-order valence-corrected chi connectivity index (χ4v) is 2.58. The molecule has 0 amide bonds. The van der Waals surface area contributed by atoms with Crippen molar-refractivity contribution in [2.75, 3.05) is 19.8 Å². The van der Waals surface area contributed by atoms with Gasteiger partial charge in [0.15, 0.2) is 0 Å². The molecule has 1 unspecified atom stereocenters. The van der Waals surface area contributed by atoms with Gasteiger partial charge in [-0.15, -0.1) is 11.6 Å². The summed E-state index contributed by atoms with van der Waals surface area (Å²) in [5, 5.41) is 1.08. The van der Waals surface area contributed by atoms with E-state index < -0.39 is 0 Å². The third-order valence-electron chi connectivity index (χ3n) is 2.72. The monoisotopic (exact) mass is 294 g/mol. The van der Waals surface area contributed by atoms with Crippen LogP contribution >= 0.6 is 34.8 Å². The summed E-state index contributed by atoms with van der Waals surface area (Å²) >= 11 is 17.9. The zero-order valence-electron chi connectivity index (χ0n) is 9.22. The van der Waals surface area contributed by atoms with Crippen LogP contribution in [-0.2, 0) is 10.6 Å². The lowest BCUT2D eigenvalue weighted by Gasteiger charge is -2.14. The standard InChI is InChI=1S/C12H13Cl3O2/c13-5-9-3-10(14)4-11(15)12(9)17-7-8-1-2-16-6-8/h3-4,8H,1-2,5-7H2. The van der Waals surface area contributed by atoms with Crippen LogP contribution in [0.1, 0.15) is 12.0 Å². The number of alkyl halides is 1. The Morgan fingerprint density at radius 1 is 1.35 bits per heavy atom. The van der Waals surface area contributed by atoms with E-state index >= 15 is 0 Å². The summed E-state index contributed by atoms with van der Waals surface area (Å²) < 4.78 is 11.0. The lowest BCUT2D eigenvalue weighted by atomic mass is 10.1. The van der Waals surface area contributed by atoms with Gasteiger partial charge in [0.25, 0.3) is 0 Å². The third kappa shape index (κ3) is 3.41. The Morgan fingerprint density at radius 3 is 2.82 bits per heavy atom. The largest absolute Gasteiger partial charge is 0.491 e. The molecular formula is C12H13Cl3O2. The molecule has 1 fully saturated rings. The summed E-state index contributed by atoms with van der Waals surface area (Å²) in [6, 6.07) is 3.44. The van der Waals surface area contributed by atoms with Crippen molar-refractivity contribution < 1.29 is 9.47 Å². The van der Waals surface area contributed by atoms with Gasteiger partial charge >= 0.3 is 0 Å². The number of rotatable bonds is 4. The van der Waals surface area contributed by atoms with Crippen molar-refractivity contribution in [2.24, 2.45) is 5.92 Å². The minimum Gasteiger partial charge on any atom is -0.491 e. The van der Waals surface area contributed by atoms with Gasteiger partial charge in [0, 0.05) is 23.1 Å². The van der Waals surface area contributed by atoms with E-state index in [1.807, 2.05) is 0 Å². The molecule has 1 aliphatic heterocycles. The molecule has 1 aromatic rings. The molecule has 0 aliphatic carbocycles. The first-order valence-corrected chi connectivity index (χ1v) is 6.74. The van der Waals surface area contributed by atoms with Crippen LogP contribution in [-0.4, -0.2) is 19.8 Å². The SMILES string of the molecule is ClCc1cc(Cl)cc(Cl)c1OCC1CCOC1. The Morgan fingerprint density at radius 2 is 2.18 bits per heavy atom. The number of benzene rings is 1. The van der Waals surface area contributed by atoms with Crippen molar-refractivity contribution in [3.8, 4) is 5.75 Å². The summed E-state index contributed by atoms with van der Waals surface area (Å²) in [4.78, 5) is 0. The summed E-state index contributed by atoms with van der Waals surface area (Å²) in [6.07, 6.45) is 1.03. The Hall–Kier alpha value is -0.150. The predicted octanol–water partition coefficient (Wildman–Crippen LogP) is 4.15. The van der Waals surface area contributed by atoms with Gasteiger partial charge in [0.2, 0.25) is 0 Å². The molecule has 0 bridgehead atoms. The van der Waals surface area contributed by atoms with Crippen molar-refractivity contribution in [2.45, 2.75) is 12.3 Å². The molecule has 5 heteroatoms. The number of hydrogen-bond donors (Lipinski definition) is 0. The average molecular weight is 296 g/mol. The number of halogens is 3. The normalized spacial score (nSPS) is 19.6. The van der Waals surface area contributed by atoms with Crippen LogP contribution in [0.4, 0.5) is 0 Å². The number of hydrogen-bond acceptors (Lipinski definition) is 2. The van der Waals surface area contributed by atoms with Crippen LogP contribution in [0, 0.1) is 5.92 Å². The zero-order chi connectivity index (χ0) is 12.3. The Balaban J connectivity index is 2.08. The van der Waals surface area contributed by atoms with Gasteiger partial charge in [-0.3, -0.25) is 0 Å². The first kappa shape index (κ1) is 13.3. The molecule has 0 aromatic heterocycles. The molecule has 0 spiro atoms. The van der Waals surface area contributed by atoms with E-state index in [2.05, 4.69) is 0 Å². The first-order chi connectivity index (χ1) is 8.20. The molecule has 2 rings (SSSR count). The van der Waals surface area contributed by atoms with Gasteiger partial charge in [-0.1, -0.05) is 23.2 Å². The van der Waals surface area contributed by atoms with Crippen molar-refractivity contribution in [3.05, 3.63) is 27.7 Å². The highest BCUT2D eigenvalue weighted by molar-refractivity contribution is 6.35. The molecule has 94 valence electrons. The molecule has 1 aliphatic rings. The van der Waals surface area contributed by atoms with E-state index in [0.717, 1.165) is 25.2 Å². The molecular weight excluding hydrogens is 282 g/mol. The van der Waals surface area contributed by atoms with Crippen molar-refractivity contribution in [1.29, 1.82) is 0 Å². The minimum absolute atomic E-state index is 0.330. The Labute approximate surface area is 116 Å². The maximum atomic E-state index is 6.10. The van der Waals surface area contributed by atoms with E-state index in [0.29, 0.717) is 34.2 Å². The van der Waals surface area contributed by atoms with Crippen LogP contribution in [0.15, 0.2) is 12.1 Å². The molecule has 0 radical (unpaired) electrons. The predicted molar refractivity (Wildman–Crippen MR) is 70.4 cm³/mol. The van der Waals surface area contributed by atoms with E-state index in [4.69, 9.17) is 44.3 Å². The van der Waals surface area contributed by atoms with Gasteiger partial charge < -0.3 is 9.47 Å². The lowest BCUT2D eigenvalue weighted by Crippen LogP contribution is -2.12. The second-order valence-electron chi connectivity index (χ2n) is 4.05. The fraction of sp³-hybridized carbons (Fsp3) is 0.500. The highest BCUT2D eigenvalue weighted by atomic mass is 35.5.